The van der Waals surface area contributed by atoms with Gasteiger partial charge >= 0.3 is 0 Å². The first-order valence-electron chi connectivity index (χ1n) is 9.07. The van der Waals surface area contributed by atoms with Gasteiger partial charge in [0, 0.05) is 49.2 Å². The van der Waals surface area contributed by atoms with Crippen LogP contribution in [0.5, 0.6) is 0 Å². The first-order valence-corrected chi connectivity index (χ1v) is 9.07. The zero-order valence-electron chi connectivity index (χ0n) is 15.7. The van der Waals surface area contributed by atoms with Crippen molar-refractivity contribution in [2.45, 2.75) is 32.6 Å². The molecule has 0 aromatic carbocycles. The predicted molar refractivity (Wildman–Crippen MR) is 98.1 cm³/mol. The van der Waals surface area contributed by atoms with Gasteiger partial charge in [-0.25, -0.2) is 4.63 Å². The molecule has 0 radical (unpaired) electrons. The fourth-order valence-electron chi connectivity index (χ4n) is 3.62. The van der Waals surface area contributed by atoms with Crippen LogP contribution in [0, 0.1) is 13.8 Å². The molecule has 1 atom stereocenters. The van der Waals surface area contributed by atoms with E-state index in [4.69, 9.17) is 4.98 Å². The van der Waals surface area contributed by atoms with Gasteiger partial charge in [-0.3, -0.25) is 14.5 Å². The van der Waals surface area contributed by atoms with Crippen LogP contribution in [0.4, 0.5) is 0 Å². The van der Waals surface area contributed by atoms with Crippen LogP contribution in [-0.2, 0) is 7.05 Å². The average molecular weight is 366 g/mol. The van der Waals surface area contributed by atoms with Gasteiger partial charge in [0.25, 0.3) is 5.91 Å². The van der Waals surface area contributed by atoms with Crippen molar-refractivity contribution in [2.75, 3.05) is 13.1 Å². The van der Waals surface area contributed by atoms with Gasteiger partial charge in [-0.1, -0.05) is 5.16 Å². The molecule has 8 heteroatoms. The summed E-state index contributed by atoms with van der Waals surface area (Å²) in [6, 6.07) is 4.18. The van der Waals surface area contributed by atoms with Crippen LogP contribution >= 0.6 is 0 Å². The Labute approximate surface area is 157 Å². The number of hydrogen-bond donors (Lipinski definition) is 0. The van der Waals surface area contributed by atoms with Gasteiger partial charge in [-0.15, -0.1) is 0 Å². The zero-order chi connectivity index (χ0) is 19.0. The van der Waals surface area contributed by atoms with Gasteiger partial charge in [0.2, 0.25) is 0 Å². The van der Waals surface area contributed by atoms with E-state index in [1.807, 2.05) is 31.3 Å². The van der Waals surface area contributed by atoms with Crippen molar-refractivity contribution in [1.29, 1.82) is 0 Å². The second-order valence-electron chi connectivity index (χ2n) is 7.11. The standard InChI is InChI=1S/C19H22N6O2/c1-12-7-15(16-9-20-24(3)10-16)8-17(21-12)14-5-4-6-25(11-14)19(26)18-13(2)22-27-23-18/h7-10,14H,4-6,11H2,1-3H3/t14-/m1/s1. The fourth-order valence-corrected chi connectivity index (χ4v) is 3.62. The van der Waals surface area contributed by atoms with E-state index >= 15 is 0 Å². The summed E-state index contributed by atoms with van der Waals surface area (Å²) in [6.45, 7) is 5.06. The van der Waals surface area contributed by atoms with Gasteiger partial charge in [0.05, 0.1) is 6.20 Å². The molecule has 3 aromatic rings. The van der Waals surface area contributed by atoms with E-state index in [1.54, 1.807) is 11.6 Å². The normalized spacial score (nSPS) is 17.3. The maximum absolute atomic E-state index is 12.7. The van der Waals surface area contributed by atoms with E-state index in [1.165, 1.54) is 0 Å². The topological polar surface area (TPSA) is 89.9 Å². The fraction of sp³-hybridized carbons (Fsp3) is 0.421. The number of nitrogens with zero attached hydrogens (tertiary/aromatic N) is 6. The number of aryl methyl sites for hydroxylation is 3. The Morgan fingerprint density at radius 1 is 1.22 bits per heavy atom. The number of rotatable bonds is 3. The average Bonchev–Trinajstić information content (AvgIpc) is 3.29. The van der Waals surface area contributed by atoms with Crippen LogP contribution in [0.15, 0.2) is 29.2 Å². The molecular formula is C19H22N6O2. The molecule has 0 N–H and O–H groups in total. The summed E-state index contributed by atoms with van der Waals surface area (Å²) in [6.07, 6.45) is 5.78. The maximum Gasteiger partial charge on any atom is 0.278 e. The Kier molecular flexibility index (Phi) is 4.47. The van der Waals surface area contributed by atoms with E-state index < -0.39 is 0 Å². The predicted octanol–water partition coefficient (Wildman–Crippen LogP) is 2.50. The van der Waals surface area contributed by atoms with Crippen LogP contribution in [0.25, 0.3) is 11.1 Å². The number of piperidine rings is 1. The highest BCUT2D eigenvalue weighted by Gasteiger charge is 2.29. The van der Waals surface area contributed by atoms with Crippen LogP contribution in [0.3, 0.4) is 0 Å². The number of likely N-dealkylation sites (tertiary alicyclic amines) is 1. The van der Waals surface area contributed by atoms with Crippen molar-refractivity contribution in [1.82, 2.24) is 30.0 Å². The van der Waals surface area contributed by atoms with E-state index in [0.717, 1.165) is 35.4 Å². The summed E-state index contributed by atoms with van der Waals surface area (Å²) in [5, 5.41) is 11.7. The van der Waals surface area contributed by atoms with E-state index in [2.05, 4.69) is 32.2 Å². The summed E-state index contributed by atoms with van der Waals surface area (Å²) in [7, 11) is 1.91. The number of amides is 1. The van der Waals surface area contributed by atoms with Gasteiger partial charge in [0.1, 0.15) is 5.69 Å². The first kappa shape index (κ1) is 17.4. The Morgan fingerprint density at radius 3 is 2.78 bits per heavy atom. The number of carbonyl (C=O) groups excluding carboxylic acids is 1. The van der Waals surface area contributed by atoms with Crippen molar-refractivity contribution >= 4 is 5.91 Å². The summed E-state index contributed by atoms with van der Waals surface area (Å²) < 4.78 is 6.48. The smallest absolute Gasteiger partial charge is 0.278 e. The molecule has 27 heavy (non-hydrogen) atoms. The minimum absolute atomic E-state index is 0.126. The van der Waals surface area contributed by atoms with Crippen LogP contribution < -0.4 is 0 Å². The molecule has 1 saturated heterocycles. The molecule has 1 amide bonds. The number of pyridine rings is 1. The first-order chi connectivity index (χ1) is 13.0. The van der Waals surface area contributed by atoms with Crippen molar-refractivity contribution < 1.29 is 9.42 Å². The third-order valence-corrected chi connectivity index (χ3v) is 4.99. The number of aromatic nitrogens is 5. The summed E-state index contributed by atoms with van der Waals surface area (Å²) >= 11 is 0. The minimum atomic E-state index is -0.126. The lowest BCUT2D eigenvalue weighted by molar-refractivity contribution is 0.0694. The van der Waals surface area contributed by atoms with Crippen molar-refractivity contribution in [3.8, 4) is 11.1 Å². The van der Waals surface area contributed by atoms with E-state index in [9.17, 15) is 4.79 Å². The maximum atomic E-state index is 12.7. The highest BCUT2D eigenvalue weighted by Crippen LogP contribution is 2.30. The molecule has 1 aliphatic rings. The number of carbonyl (C=O) groups is 1. The zero-order valence-corrected chi connectivity index (χ0v) is 15.7. The molecule has 0 bridgehead atoms. The largest absolute Gasteiger partial charge is 0.336 e. The second-order valence-corrected chi connectivity index (χ2v) is 7.11. The lowest BCUT2D eigenvalue weighted by atomic mass is 9.92. The van der Waals surface area contributed by atoms with E-state index in [-0.39, 0.29) is 11.8 Å². The lowest BCUT2D eigenvalue weighted by Crippen LogP contribution is -2.39. The molecule has 8 nitrogen and oxygen atoms in total. The SMILES string of the molecule is Cc1cc(-c2cnn(C)c2)cc([C@@H]2CCCN(C(=O)c3nonc3C)C2)n1. The monoisotopic (exact) mass is 366 g/mol. The molecule has 0 spiro atoms. The highest BCUT2D eigenvalue weighted by atomic mass is 16.6. The van der Waals surface area contributed by atoms with E-state index in [0.29, 0.717) is 24.5 Å². The molecule has 3 aromatic heterocycles. The summed E-state index contributed by atoms with van der Waals surface area (Å²) in [5.74, 6) is 0.0665. The van der Waals surface area contributed by atoms with Crippen molar-refractivity contribution in [3.63, 3.8) is 0 Å². The van der Waals surface area contributed by atoms with Crippen molar-refractivity contribution in [3.05, 3.63) is 47.3 Å². The summed E-state index contributed by atoms with van der Waals surface area (Å²) in [4.78, 5) is 19.3. The third-order valence-electron chi connectivity index (χ3n) is 4.99. The second kappa shape index (κ2) is 6.94. The molecule has 1 fully saturated rings. The van der Waals surface area contributed by atoms with Crippen molar-refractivity contribution in [2.24, 2.45) is 7.05 Å². The Hall–Kier alpha value is -3.03. The Balaban J connectivity index is 1.59. The van der Waals surface area contributed by atoms with Crippen LogP contribution in [-0.4, -0.2) is 49.0 Å². The summed E-state index contributed by atoms with van der Waals surface area (Å²) in [5.41, 5.74) is 4.97. The van der Waals surface area contributed by atoms with Crippen LogP contribution in [0.1, 0.15) is 46.3 Å². The van der Waals surface area contributed by atoms with Crippen LogP contribution in [0.2, 0.25) is 0 Å². The quantitative estimate of drug-likeness (QED) is 0.707. The lowest BCUT2D eigenvalue weighted by Gasteiger charge is -2.32. The molecule has 0 unspecified atom stereocenters. The molecule has 4 rings (SSSR count). The Morgan fingerprint density at radius 2 is 2.07 bits per heavy atom. The van der Waals surface area contributed by atoms with Gasteiger partial charge in [0.15, 0.2) is 5.69 Å². The molecule has 140 valence electrons. The minimum Gasteiger partial charge on any atom is -0.336 e. The van der Waals surface area contributed by atoms with Gasteiger partial charge in [-0.2, -0.15) is 5.10 Å². The number of hydrogen-bond acceptors (Lipinski definition) is 6. The molecule has 4 heterocycles. The Bertz CT molecular complexity index is 976. The molecule has 0 saturated carbocycles. The van der Waals surface area contributed by atoms with Gasteiger partial charge in [-0.05, 0) is 49.5 Å². The molecular weight excluding hydrogens is 344 g/mol. The highest BCUT2D eigenvalue weighted by molar-refractivity contribution is 5.93. The molecule has 1 aliphatic heterocycles. The van der Waals surface area contributed by atoms with Gasteiger partial charge < -0.3 is 4.90 Å². The third kappa shape index (κ3) is 3.47. The molecule has 0 aliphatic carbocycles.